The van der Waals surface area contributed by atoms with Crippen molar-refractivity contribution in [2.24, 2.45) is 0 Å². The zero-order valence-corrected chi connectivity index (χ0v) is 11.7. The summed E-state index contributed by atoms with van der Waals surface area (Å²) in [6.07, 6.45) is 0. The average molecular weight is 290 g/mol. The smallest absolute Gasteiger partial charge is 0.273 e. The predicted molar refractivity (Wildman–Crippen MR) is 78.1 cm³/mol. The molecule has 0 saturated heterocycles. The van der Waals surface area contributed by atoms with Gasteiger partial charge in [0.1, 0.15) is 11.6 Å². The number of nitrogens with one attached hydrogen (secondary N) is 1. The molecule has 0 spiro atoms. The van der Waals surface area contributed by atoms with Gasteiger partial charge in [-0.2, -0.15) is 0 Å². The quantitative estimate of drug-likeness (QED) is 0.674. The Morgan fingerprint density at radius 3 is 2.67 bits per heavy atom. The van der Waals surface area contributed by atoms with Gasteiger partial charge in [0.25, 0.3) is 5.69 Å². The van der Waals surface area contributed by atoms with Crippen LogP contribution in [-0.2, 0) is 6.54 Å². The molecule has 5 nitrogen and oxygen atoms in total. The minimum Gasteiger partial charge on any atom is -0.496 e. The van der Waals surface area contributed by atoms with Gasteiger partial charge < -0.3 is 10.1 Å². The first-order chi connectivity index (χ1) is 9.99. The maximum absolute atomic E-state index is 13.0. The molecule has 0 aliphatic heterocycles. The molecule has 0 heterocycles. The summed E-state index contributed by atoms with van der Waals surface area (Å²) < 4.78 is 18.1. The number of halogens is 1. The summed E-state index contributed by atoms with van der Waals surface area (Å²) in [5.74, 6) is 0.131. The number of nitrogens with zero attached hydrogens (tertiary/aromatic N) is 1. The molecule has 1 N–H and O–H groups in total. The van der Waals surface area contributed by atoms with Gasteiger partial charge in [-0.05, 0) is 42.3 Å². The summed E-state index contributed by atoms with van der Waals surface area (Å²) in [6, 6.07) is 9.00. The zero-order chi connectivity index (χ0) is 15.4. The van der Waals surface area contributed by atoms with Crippen molar-refractivity contribution < 1.29 is 14.1 Å². The van der Waals surface area contributed by atoms with Crippen LogP contribution in [0.4, 0.5) is 15.8 Å². The van der Waals surface area contributed by atoms with Gasteiger partial charge in [0.15, 0.2) is 0 Å². The first-order valence-electron chi connectivity index (χ1n) is 6.32. The lowest BCUT2D eigenvalue weighted by Gasteiger charge is -2.10. The van der Waals surface area contributed by atoms with Gasteiger partial charge in [0, 0.05) is 18.3 Å². The molecule has 6 heteroatoms. The predicted octanol–water partition coefficient (Wildman–Crippen LogP) is 3.66. The molecular formula is C15H15FN2O3. The maximum atomic E-state index is 13.0. The molecule has 0 amide bonds. The molecule has 0 fully saturated rings. The molecule has 0 atom stereocenters. The second-order valence-corrected chi connectivity index (χ2v) is 4.61. The van der Waals surface area contributed by atoms with Crippen LogP contribution in [0.15, 0.2) is 36.4 Å². The SMILES string of the molecule is COc1cc(CNc2ccc(F)cc2C)cc([N+](=O)[O-])c1. The number of anilines is 1. The lowest BCUT2D eigenvalue weighted by molar-refractivity contribution is -0.385. The number of non-ortho nitro benzene ring substituents is 1. The number of nitro groups is 1. The van der Waals surface area contributed by atoms with Crippen LogP contribution in [0, 0.1) is 22.9 Å². The van der Waals surface area contributed by atoms with E-state index in [9.17, 15) is 14.5 Å². The van der Waals surface area contributed by atoms with E-state index in [1.54, 1.807) is 19.1 Å². The molecule has 2 rings (SSSR count). The Bertz CT molecular complexity index is 674. The molecule has 0 aliphatic carbocycles. The van der Waals surface area contributed by atoms with E-state index in [1.807, 2.05) is 0 Å². The molecule has 0 radical (unpaired) electrons. The Balaban J connectivity index is 2.19. The molecule has 2 aromatic carbocycles. The second kappa shape index (κ2) is 6.21. The average Bonchev–Trinajstić information content (AvgIpc) is 2.46. The fraction of sp³-hybridized carbons (Fsp3) is 0.200. The van der Waals surface area contributed by atoms with Crippen molar-refractivity contribution in [1.82, 2.24) is 0 Å². The van der Waals surface area contributed by atoms with Crippen LogP contribution in [0.5, 0.6) is 5.75 Å². The van der Waals surface area contributed by atoms with Crippen molar-refractivity contribution in [3.05, 3.63) is 63.5 Å². The van der Waals surface area contributed by atoms with E-state index >= 15 is 0 Å². The molecule has 0 saturated carbocycles. The van der Waals surface area contributed by atoms with Gasteiger partial charge in [-0.3, -0.25) is 10.1 Å². The second-order valence-electron chi connectivity index (χ2n) is 4.61. The van der Waals surface area contributed by atoms with Gasteiger partial charge >= 0.3 is 0 Å². The van der Waals surface area contributed by atoms with Gasteiger partial charge in [-0.15, -0.1) is 0 Å². The molecule has 0 bridgehead atoms. The third-order valence-electron chi connectivity index (χ3n) is 3.07. The molecule has 0 aromatic heterocycles. The number of rotatable bonds is 5. The van der Waals surface area contributed by atoms with E-state index in [0.29, 0.717) is 17.9 Å². The van der Waals surface area contributed by atoms with Crippen LogP contribution in [0.25, 0.3) is 0 Å². The molecule has 110 valence electrons. The fourth-order valence-electron chi connectivity index (χ4n) is 1.99. The molecular weight excluding hydrogens is 275 g/mol. The minimum absolute atomic E-state index is 0.0259. The van der Waals surface area contributed by atoms with Gasteiger partial charge in [0.2, 0.25) is 0 Å². The standard InChI is InChI=1S/C15H15FN2O3/c1-10-5-12(16)3-4-15(10)17-9-11-6-13(18(19)20)8-14(7-11)21-2/h3-8,17H,9H2,1-2H3. The summed E-state index contributed by atoms with van der Waals surface area (Å²) in [4.78, 5) is 10.4. The number of nitro benzene ring substituents is 1. The van der Waals surface area contributed by atoms with Crippen LogP contribution >= 0.6 is 0 Å². The maximum Gasteiger partial charge on any atom is 0.273 e. The Kier molecular flexibility index (Phi) is 4.37. The zero-order valence-electron chi connectivity index (χ0n) is 11.7. The monoisotopic (exact) mass is 290 g/mol. The van der Waals surface area contributed by atoms with E-state index in [0.717, 1.165) is 11.3 Å². The Hall–Kier alpha value is -2.63. The van der Waals surface area contributed by atoms with Gasteiger partial charge in [0.05, 0.1) is 18.1 Å². The number of aryl methyl sites for hydroxylation is 1. The van der Waals surface area contributed by atoms with Crippen LogP contribution in [0.2, 0.25) is 0 Å². The summed E-state index contributed by atoms with van der Waals surface area (Å²) in [7, 11) is 1.46. The highest BCUT2D eigenvalue weighted by Crippen LogP contribution is 2.24. The van der Waals surface area contributed by atoms with Crippen molar-refractivity contribution in [1.29, 1.82) is 0 Å². The van der Waals surface area contributed by atoms with Crippen molar-refractivity contribution in [3.8, 4) is 5.75 Å². The molecule has 0 aliphatic rings. The van der Waals surface area contributed by atoms with Crippen molar-refractivity contribution in [3.63, 3.8) is 0 Å². The van der Waals surface area contributed by atoms with Gasteiger partial charge in [-0.1, -0.05) is 0 Å². The van der Waals surface area contributed by atoms with Crippen molar-refractivity contribution in [2.75, 3.05) is 12.4 Å². The van der Waals surface area contributed by atoms with E-state index in [4.69, 9.17) is 4.74 Å². The first kappa shape index (κ1) is 14.8. The first-order valence-corrected chi connectivity index (χ1v) is 6.32. The largest absolute Gasteiger partial charge is 0.496 e. The lowest BCUT2D eigenvalue weighted by atomic mass is 10.1. The summed E-state index contributed by atoms with van der Waals surface area (Å²) in [5.41, 5.74) is 2.24. The Morgan fingerprint density at radius 2 is 2.05 bits per heavy atom. The van der Waals surface area contributed by atoms with E-state index < -0.39 is 4.92 Å². The number of ether oxygens (including phenoxy) is 1. The van der Waals surface area contributed by atoms with E-state index in [2.05, 4.69) is 5.32 Å². The summed E-state index contributed by atoms with van der Waals surface area (Å²) >= 11 is 0. The number of benzene rings is 2. The minimum atomic E-state index is -0.463. The van der Waals surface area contributed by atoms with Crippen LogP contribution < -0.4 is 10.1 Å². The molecule has 2 aromatic rings. The number of hydrogen-bond donors (Lipinski definition) is 1. The highest BCUT2D eigenvalue weighted by atomic mass is 19.1. The van der Waals surface area contributed by atoms with E-state index in [1.165, 1.54) is 31.4 Å². The highest BCUT2D eigenvalue weighted by molar-refractivity contribution is 5.52. The Morgan fingerprint density at radius 1 is 1.29 bits per heavy atom. The summed E-state index contributed by atoms with van der Waals surface area (Å²) in [6.45, 7) is 2.17. The topological polar surface area (TPSA) is 64.4 Å². The number of methoxy groups -OCH3 is 1. The molecule has 0 unspecified atom stereocenters. The summed E-state index contributed by atoms with van der Waals surface area (Å²) in [5, 5.41) is 14.0. The highest BCUT2D eigenvalue weighted by Gasteiger charge is 2.10. The van der Waals surface area contributed by atoms with Crippen LogP contribution in [0.1, 0.15) is 11.1 Å². The third kappa shape index (κ3) is 3.68. The fourth-order valence-corrected chi connectivity index (χ4v) is 1.99. The number of hydrogen-bond acceptors (Lipinski definition) is 4. The van der Waals surface area contributed by atoms with E-state index in [-0.39, 0.29) is 11.5 Å². The normalized spacial score (nSPS) is 10.2. The van der Waals surface area contributed by atoms with Crippen molar-refractivity contribution >= 4 is 11.4 Å². The lowest BCUT2D eigenvalue weighted by Crippen LogP contribution is -2.02. The third-order valence-corrected chi connectivity index (χ3v) is 3.07. The molecule has 21 heavy (non-hydrogen) atoms. The van der Waals surface area contributed by atoms with Gasteiger partial charge in [-0.25, -0.2) is 4.39 Å². The van der Waals surface area contributed by atoms with Crippen LogP contribution in [-0.4, -0.2) is 12.0 Å². The van der Waals surface area contributed by atoms with Crippen molar-refractivity contribution in [2.45, 2.75) is 13.5 Å². The van der Waals surface area contributed by atoms with Crippen LogP contribution in [0.3, 0.4) is 0 Å². The Labute approximate surface area is 121 Å².